The number of aromatic hydroxyl groups is 1. The Morgan fingerprint density at radius 3 is 2.36 bits per heavy atom. The average molecular weight is 199 g/mol. The van der Waals surface area contributed by atoms with Gasteiger partial charge >= 0.3 is 5.97 Å². The van der Waals surface area contributed by atoms with E-state index in [-0.39, 0.29) is 5.75 Å². The Hall–Kier alpha value is -1.62. The smallest absolute Gasteiger partial charge is 0.356 e. The normalized spacial score (nSPS) is 14.7. The number of rotatable bonds is 3. The summed E-state index contributed by atoms with van der Waals surface area (Å²) in [4.78, 5) is 10.3. The van der Waals surface area contributed by atoms with Gasteiger partial charge in [0.2, 0.25) is 0 Å². The number of carboxylic acid groups (broad SMARTS) is 1. The van der Waals surface area contributed by atoms with Crippen molar-refractivity contribution in [1.82, 2.24) is 0 Å². The minimum Gasteiger partial charge on any atom is -0.508 e. The van der Waals surface area contributed by atoms with E-state index in [0.717, 1.165) is 0 Å². The molecule has 0 unspecified atom stereocenters. The van der Waals surface area contributed by atoms with Crippen LogP contribution in [0.5, 0.6) is 5.75 Å². The van der Waals surface area contributed by atoms with Crippen LogP contribution in [-0.2, 0) is 11.2 Å². The summed E-state index contributed by atoms with van der Waals surface area (Å²) in [5.41, 5.74) is 5.31. The Labute approximate surface area is 79.8 Å². The summed E-state index contributed by atoms with van der Waals surface area (Å²) in [5.74, 6) is -4.44. The van der Waals surface area contributed by atoms with Crippen LogP contribution in [0.1, 0.15) is 5.56 Å². The minimum atomic E-state index is -2.77. The molecule has 0 aliphatic heterocycles. The third-order valence-corrected chi connectivity index (χ3v) is 1.75. The molecule has 1 rings (SSSR count). The Morgan fingerprint density at radius 2 is 1.93 bits per heavy atom. The molecule has 4 N–H and O–H groups in total. The maximum Gasteiger partial charge on any atom is 0.356 e. The van der Waals surface area contributed by atoms with Gasteiger partial charge in [0.15, 0.2) is 0 Å². The van der Waals surface area contributed by atoms with Gasteiger partial charge < -0.3 is 10.2 Å². The van der Waals surface area contributed by atoms with E-state index < -0.39 is 18.2 Å². The van der Waals surface area contributed by atoms with Crippen molar-refractivity contribution in [2.24, 2.45) is 5.73 Å². The first kappa shape index (κ1) is 10.5. The van der Waals surface area contributed by atoms with Gasteiger partial charge in [0, 0.05) is 6.42 Å². The highest BCUT2D eigenvalue weighted by Crippen LogP contribution is 2.16. The molecular weight excluding hydrogens is 189 g/mol. The van der Waals surface area contributed by atoms with Crippen LogP contribution in [0.25, 0.3) is 0 Å². The number of hydrogen-bond acceptors (Lipinski definition) is 3. The van der Waals surface area contributed by atoms with Gasteiger partial charge in [-0.2, -0.15) is 0 Å². The summed E-state index contributed by atoms with van der Waals surface area (Å²) >= 11 is 0. The number of halogens is 1. The predicted molar refractivity (Wildman–Crippen MR) is 47.5 cm³/mol. The van der Waals surface area contributed by atoms with Crippen molar-refractivity contribution in [1.29, 1.82) is 0 Å². The van der Waals surface area contributed by atoms with Crippen LogP contribution in [0.15, 0.2) is 24.3 Å². The molecule has 4 nitrogen and oxygen atoms in total. The number of hydrogen-bond donors (Lipinski definition) is 3. The number of aliphatic carboxylic acids is 1. The molecule has 0 spiro atoms. The largest absolute Gasteiger partial charge is 0.508 e. The fourth-order valence-electron chi connectivity index (χ4n) is 0.986. The zero-order valence-corrected chi connectivity index (χ0v) is 7.27. The molecule has 0 heterocycles. The topological polar surface area (TPSA) is 83.5 Å². The molecule has 0 aromatic heterocycles. The monoisotopic (exact) mass is 199 g/mol. The maximum atomic E-state index is 13.1. The fourth-order valence-corrected chi connectivity index (χ4v) is 0.986. The highest BCUT2D eigenvalue weighted by atomic mass is 19.1. The number of carbonyl (C=O) groups is 1. The van der Waals surface area contributed by atoms with Gasteiger partial charge in [-0.3, -0.25) is 5.73 Å². The van der Waals surface area contributed by atoms with E-state index >= 15 is 0 Å². The summed E-state index contributed by atoms with van der Waals surface area (Å²) in [5, 5.41) is 17.3. The Morgan fingerprint density at radius 1 is 1.43 bits per heavy atom. The third-order valence-electron chi connectivity index (χ3n) is 1.75. The van der Waals surface area contributed by atoms with Crippen LogP contribution in [0.3, 0.4) is 0 Å². The van der Waals surface area contributed by atoms with E-state index in [1.54, 1.807) is 0 Å². The second-order valence-electron chi connectivity index (χ2n) is 3.01. The lowest BCUT2D eigenvalue weighted by molar-refractivity contribution is -0.150. The third kappa shape index (κ3) is 2.43. The van der Waals surface area contributed by atoms with Crippen molar-refractivity contribution in [2.75, 3.05) is 0 Å². The molecule has 0 radical (unpaired) electrons. The van der Waals surface area contributed by atoms with Gasteiger partial charge in [-0.15, -0.1) is 0 Å². The van der Waals surface area contributed by atoms with Crippen molar-refractivity contribution in [3.63, 3.8) is 0 Å². The highest BCUT2D eigenvalue weighted by molar-refractivity contribution is 5.76. The van der Waals surface area contributed by atoms with E-state index in [1.807, 2.05) is 0 Å². The lowest BCUT2D eigenvalue weighted by Gasteiger charge is -2.14. The van der Waals surface area contributed by atoms with Crippen LogP contribution in [-0.4, -0.2) is 22.0 Å². The second-order valence-corrected chi connectivity index (χ2v) is 3.01. The number of benzene rings is 1. The van der Waals surface area contributed by atoms with Crippen molar-refractivity contribution < 1.29 is 19.4 Å². The predicted octanol–water partition coefficient (Wildman–Crippen LogP) is 0.644. The molecule has 0 amide bonds. The lowest BCUT2D eigenvalue weighted by Crippen LogP contribution is -2.45. The molecule has 1 aromatic rings. The molecule has 0 aliphatic carbocycles. The molecule has 76 valence electrons. The van der Waals surface area contributed by atoms with E-state index in [2.05, 4.69) is 0 Å². The van der Waals surface area contributed by atoms with E-state index in [4.69, 9.17) is 15.9 Å². The van der Waals surface area contributed by atoms with Crippen LogP contribution in [0, 0.1) is 0 Å². The molecule has 0 bridgehead atoms. The summed E-state index contributed by atoms with van der Waals surface area (Å²) in [6.07, 6.45) is -0.428. The van der Waals surface area contributed by atoms with E-state index in [1.165, 1.54) is 24.3 Å². The van der Waals surface area contributed by atoms with Crippen molar-refractivity contribution in [3.8, 4) is 5.75 Å². The van der Waals surface area contributed by atoms with Crippen LogP contribution >= 0.6 is 0 Å². The highest BCUT2D eigenvalue weighted by Gasteiger charge is 2.33. The van der Waals surface area contributed by atoms with Gasteiger partial charge in [-0.05, 0) is 17.7 Å². The number of carboxylic acids is 1. The maximum absolute atomic E-state index is 13.1. The SMILES string of the molecule is N[C@@](F)(Cc1ccc(O)cc1)C(=O)O. The number of phenolic OH excluding ortho intramolecular Hbond substituents is 1. The van der Waals surface area contributed by atoms with Crippen molar-refractivity contribution in [2.45, 2.75) is 12.2 Å². The second kappa shape index (κ2) is 3.63. The fraction of sp³-hybridized carbons (Fsp3) is 0.222. The molecule has 0 aliphatic rings. The number of nitrogens with two attached hydrogens (primary N) is 1. The zero-order valence-electron chi connectivity index (χ0n) is 7.27. The molecule has 0 saturated heterocycles. The first-order chi connectivity index (χ1) is 6.42. The zero-order chi connectivity index (χ0) is 10.8. The van der Waals surface area contributed by atoms with Crippen LogP contribution in [0.4, 0.5) is 4.39 Å². The molecule has 1 aromatic carbocycles. The molecule has 0 fully saturated rings. The quantitative estimate of drug-likeness (QED) is 0.624. The summed E-state index contributed by atoms with van der Waals surface area (Å²) in [6, 6.07) is 5.51. The van der Waals surface area contributed by atoms with Crippen molar-refractivity contribution in [3.05, 3.63) is 29.8 Å². The van der Waals surface area contributed by atoms with E-state index in [0.29, 0.717) is 5.56 Å². The van der Waals surface area contributed by atoms with Gasteiger partial charge in [0.05, 0.1) is 0 Å². The van der Waals surface area contributed by atoms with Gasteiger partial charge in [-0.25, -0.2) is 9.18 Å². The number of phenols is 1. The van der Waals surface area contributed by atoms with Crippen LogP contribution in [0.2, 0.25) is 0 Å². The van der Waals surface area contributed by atoms with E-state index in [9.17, 15) is 9.18 Å². The molecule has 5 heteroatoms. The Kier molecular flexibility index (Phi) is 2.71. The van der Waals surface area contributed by atoms with Gasteiger partial charge in [0.1, 0.15) is 5.75 Å². The van der Waals surface area contributed by atoms with Gasteiger partial charge in [0.25, 0.3) is 5.79 Å². The Bertz CT molecular complexity index is 334. The summed E-state index contributed by atoms with van der Waals surface area (Å²) in [6.45, 7) is 0. The average Bonchev–Trinajstić information content (AvgIpc) is 2.08. The van der Waals surface area contributed by atoms with Crippen molar-refractivity contribution >= 4 is 5.97 Å². The Balaban J connectivity index is 2.79. The molecular formula is C9H10FNO3. The molecule has 1 atom stereocenters. The van der Waals surface area contributed by atoms with Crippen LogP contribution < -0.4 is 5.73 Å². The standard InChI is InChI=1S/C9H10FNO3/c10-9(11,8(13)14)5-6-1-3-7(12)4-2-6/h1-4,12H,5,11H2,(H,13,14)/t9-/m0/s1. The first-order valence-electron chi connectivity index (χ1n) is 3.91. The van der Waals surface area contributed by atoms with Gasteiger partial charge in [-0.1, -0.05) is 12.1 Å². The summed E-state index contributed by atoms with van der Waals surface area (Å²) < 4.78 is 13.1. The minimum absolute atomic E-state index is 0.0329. The number of alkyl halides is 1. The molecule has 0 saturated carbocycles. The summed E-state index contributed by atoms with van der Waals surface area (Å²) in [7, 11) is 0. The lowest BCUT2D eigenvalue weighted by atomic mass is 10.0. The molecule has 14 heavy (non-hydrogen) atoms. The first-order valence-corrected chi connectivity index (χ1v) is 3.91.